The molecule has 0 radical (unpaired) electrons. The van der Waals surface area contributed by atoms with Crippen molar-refractivity contribution in [3.05, 3.63) is 174 Å². The summed E-state index contributed by atoms with van der Waals surface area (Å²) in [6.45, 7) is 2.33. The highest BCUT2D eigenvalue weighted by atomic mass is 32.2. The Bertz CT molecular complexity index is 2620. The Balaban J connectivity index is 1.25. The highest BCUT2D eigenvalue weighted by molar-refractivity contribution is 8.03. The number of aromatic nitrogens is 4. The summed E-state index contributed by atoms with van der Waals surface area (Å²) in [5, 5.41) is 2.46. The maximum Gasteiger partial charge on any atom is 0.165 e. The van der Waals surface area contributed by atoms with Crippen LogP contribution in [0.2, 0.25) is 0 Å². The fraction of sp³-hybridized carbons (Fsp3) is 0.0652. The molecule has 242 valence electrons. The predicted molar refractivity (Wildman–Crippen MR) is 211 cm³/mol. The molecule has 2 atom stereocenters. The monoisotopic (exact) mass is 672 g/mol. The van der Waals surface area contributed by atoms with Gasteiger partial charge in [-0.3, -0.25) is 0 Å². The van der Waals surface area contributed by atoms with Crippen LogP contribution in [0.25, 0.3) is 72.8 Å². The highest BCUT2D eigenvalue weighted by Gasteiger charge is 2.36. The fourth-order valence-corrected chi connectivity index (χ4v) is 9.13. The lowest BCUT2D eigenvalue weighted by Gasteiger charge is -2.22. The van der Waals surface area contributed by atoms with E-state index in [4.69, 9.17) is 15.0 Å². The van der Waals surface area contributed by atoms with Crippen LogP contribution in [0.4, 0.5) is 0 Å². The zero-order valence-corrected chi connectivity index (χ0v) is 28.8. The van der Waals surface area contributed by atoms with Crippen LogP contribution in [-0.2, 0) is 0 Å². The molecule has 0 saturated heterocycles. The summed E-state index contributed by atoms with van der Waals surface area (Å²) in [6.07, 6.45) is 6.81. The van der Waals surface area contributed by atoms with Gasteiger partial charge in [0.25, 0.3) is 0 Å². The fourth-order valence-electron chi connectivity index (χ4n) is 7.72. The first kappa shape index (κ1) is 29.8. The van der Waals surface area contributed by atoms with Gasteiger partial charge in [-0.05, 0) is 57.8 Å². The van der Waals surface area contributed by atoms with Gasteiger partial charge in [0.1, 0.15) is 0 Å². The Morgan fingerprint density at radius 2 is 1.16 bits per heavy atom. The third-order valence-electron chi connectivity index (χ3n) is 10.1. The van der Waals surface area contributed by atoms with E-state index in [0.29, 0.717) is 23.4 Å². The molecule has 6 aromatic carbocycles. The van der Waals surface area contributed by atoms with E-state index >= 15 is 0 Å². The number of benzene rings is 6. The van der Waals surface area contributed by atoms with Crippen molar-refractivity contribution >= 4 is 33.6 Å². The average molecular weight is 673 g/mol. The molecule has 0 spiro atoms. The molecule has 0 N–H and O–H groups in total. The number of nitrogens with zero attached hydrogens (tertiary/aromatic N) is 4. The SMILES string of the molecule is CC1C=CC=C2Sc3c(-c4nc(-c5ccccc5)nc(-c5ccccc5)n4)cc(-n4c5ccccc5c5cc(-c6ccccc6)ccc54)cc3C21. The Morgan fingerprint density at radius 1 is 0.549 bits per heavy atom. The average Bonchev–Trinajstić information content (AvgIpc) is 3.74. The van der Waals surface area contributed by atoms with Crippen LogP contribution in [0.1, 0.15) is 18.4 Å². The molecule has 51 heavy (non-hydrogen) atoms. The summed E-state index contributed by atoms with van der Waals surface area (Å²) in [5.41, 5.74) is 10.1. The third kappa shape index (κ3) is 5.04. The summed E-state index contributed by atoms with van der Waals surface area (Å²) in [4.78, 5) is 18.1. The van der Waals surface area contributed by atoms with Gasteiger partial charge in [-0.25, -0.2) is 15.0 Å². The van der Waals surface area contributed by atoms with Crippen molar-refractivity contribution in [1.29, 1.82) is 0 Å². The number of hydrogen-bond donors (Lipinski definition) is 0. The van der Waals surface area contributed by atoms with Gasteiger partial charge in [-0.15, -0.1) is 0 Å². The molecular weight excluding hydrogens is 641 g/mol. The summed E-state index contributed by atoms with van der Waals surface area (Å²) in [5.74, 6) is 2.65. The largest absolute Gasteiger partial charge is 0.309 e. The lowest BCUT2D eigenvalue weighted by molar-refractivity contribution is 0.627. The maximum atomic E-state index is 5.23. The Morgan fingerprint density at radius 3 is 1.86 bits per heavy atom. The Labute approximate surface area is 300 Å². The van der Waals surface area contributed by atoms with Crippen molar-refractivity contribution in [2.24, 2.45) is 5.92 Å². The summed E-state index contributed by atoms with van der Waals surface area (Å²) in [6, 6.07) is 51.4. The molecule has 5 heteroatoms. The van der Waals surface area contributed by atoms with Crippen molar-refractivity contribution < 1.29 is 0 Å². The van der Waals surface area contributed by atoms with Gasteiger partial charge in [-0.2, -0.15) is 0 Å². The standard InChI is InChI=1S/C46H32N4S/c1-29-14-13-23-41-42(29)37-27-34(50-39-22-12-11-21-35(39)36-26-33(24-25-40(36)50)30-15-5-2-6-16-30)28-38(43(37)51-41)46-48-44(31-17-7-3-8-18-31)47-45(49-46)32-19-9-4-10-20-32/h2-29,42H,1H3. The molecule has 8 aromatic rings. The highest BCUT2D eigenvalue weighted by Crippen LogP contribution is 2.57. The van der Waals surface area contributed by atoms with E-state index in [1.807, 2.05) is 48.2 Å². The van der Waals surface area contributed by atoms with E-state index in [-0.39, 0.29) is 5.92 Å². The molecule has 3 heterocycles. The summed E-state index contributed by atoms with van der Waals surface area (Å²) < 4.78 is 2.43. The van der Waals surface area contributed by atoms with Gasteiger partial charge >= 0.3 is 0 Å². The normalized spacial score (nSPS) is 16.3. The lowest BCUT2D eigenvalue weighted by Crippen LogP contribution is -2.09. The molecule has 0 saturated carbocycles. The van der Waals surface area contributed by atoms with Gasteiger partial charge in [0.15, 0.2) is 17.5 Å². The molecule has 1 aliphatic carbocycles. The lowest BCUT2D eigenvalue weighted by atomic mass is 9.83. The minimum atomic E-state index is 0.274. The van der Waals surface area contributed by atoms with E-state index in [1.165, 1.54) is 48.3 Å². The molecule has 0 bridgehead atoms. The van der Waals surface area contributed by atoms with Crippen LogP contribution in [-0.4, -0.2) is 19.5 Å². The number of para-hydroxylation sites is 1. The van der Waals surface area contributed by atoms with Crippen molar-refractivity contribution in [2.75, 3.05) is 0 Å². The molecule has 0 fully saturated rings. The van der Waals surface area contributed by atoms with Crippen LogP contribution in [0.15, 0.2) is 174 Å². The number of hydrogen-bond acceptors (Lipinski definition) is 4. The molecule has 10 rings (SSSR count). The van der Waals surface area contributed by atoms with Crippen molar-refractivity contribution in [1.82, 2.24) is 19.5 Å². The zero-order chi connectivity index (χ0) is 33.9. The smallest absolute Gasteiger partial charge is 0.165 e. The molecular formula is C46H32N4S. The molecule has 2 aromatic heterocycles. The van der Waals surface area contributed by atoms with E-state index in [2.05, 4.69) is 139 Å². The molecule has 2 aliphatic rings. The maximum absolute atomic E-state index is 5.23. The van der Waals surface area contributed by atoms with Gasteiger partial charge in [-0.1, -0.05) is 152 Å². The van der Waals surface area contributed by atoms with Gasteiger partial charge in [0, 0.05) is 44.0 Å². The quantitative estimate of drug-likeness (QED) is 0.182. The second-order valence-corrected chi connectivity index (χ2v) is 14.4. The first-order valence-electron chi connectivity index (χ1n) is 17.4. The van der Waals surface area contributed by atoms with E-state index in [0.717, 1.165) is 22.4 Å². The van der Waals surface area contributed by atoms with Gasteiger partial charge < -0.3 is 4.57 Å². The van der Waals surface area contributed by atoms with Crippen LogP contribution in [0.5, 0.6) is 0 Å². The zero-order valence-electron chi connectivity index (χ0n) is 27.9. The minimum Gasteiger partial charge on any atom is -0.309 e. The van der Waals surface area contributed by atoms with Crippen LogP contribution >= 0.6 is 11.8 Å². The minimum absolute atomic E-state index is 0.274. The Hall–Kier alpha value is -6.04. The summed E-state index contributed by atoms with van der Waals surface area (Å²) in [7, 11) is 0. The van der Waals surface area contributed by atoms with Gasteiger partial charge in [0.2, 0.25) is 0 Å². The molecule has 2 unspecified atom stereocenters. The third-order valence-corrected chi connectivity index (χ3v) is 11.4. The van der Waals surface area contributed by atoms with Crippen LogP contribution in [0, 0.1) is 5.92 Å². The van der Waals surface area contributed by atoms with Crippen molar-refractivity contribution in [3.8, 4) is 51.0 Å². The summed E-state index contributed by atoms with van der Waals surface area (Å²) >= 11 is 1.86. The van der Waals surface area contributed by atoms with Gasteiger partial charge in [0.05, 0.1) is 11.0 Å². The molecule has 0 amide bonds. The number of rotatable bonds is 5. The number of fused-ring (bicyclic) bond motifs is 6. The number of allylic oxidation sites excluding steroid dienone is 4. The van der Waals surface area contributed by atoms with E-state index < -0.39 is 0 Å². The topological polar surface area (TPSA) is 43.6 Å². The predicted octanol–water partition coefficient (Wildman–Crippen LogP) is 11.9. The van der Waals surface area contributed by atoms with Crippen LogP contribution < -0.4 is 0 Å². The van der Waals surface area contributed by atoms with Crippen LogP contribution in [0.3, 0.4) is 0 Å². The van der Waals surface area contributed by atoms with E-state index in [9.17, 15) is 0 Å². The second kappa shape index (κ2) is 12.1. The first-order valence-corrected chi connectivity index (χ1v) is 18.2. The number of thioether (sulfide) groups is 1. The van der Waals surface area contributed by atoms with Crippen molar-refractivity contribution in [3.63, 3.8) is 0 Å². The van der Waals surface area contributed by atoms with Crippen molar-refractivity contribution in [2.45, 2.75) is 17.7 Å². The second-order valence-electron chi connectivity index (χ2n) is 13.3. The molecule has 1 aliphatic heterocycles. The Kier molecular flexibility index (Phi) is 7.07. The molecule has 4 nitrogen and oxygen atoms in total. The first-order chi connectivity index (χ1) is 25.2. The van der Waals surface area contributed by atoms with E-state index in [1.54, 1.807) is 0 Å².